The molecule has 1 aliphatic heterocycles. The van der Waals surface area contributed by atoms with Crippen LogP contribution in [0.15, 0.2) is 71.6 Å². The molecule has 4 rings (SSSR count). The number of hydrogen-bond donors (Lipinski definition) is 0. The number of rotatable bonds is 8. The van der Waals surface area contributed by atoms with E-state index < -0.39 is 15.8 Å². The highest BCUT2D eigenvalue weighted by molar-refractivity contribution is 7.89. The molecule has 0 radical (unpaired) electrons. The number of sulfonamides is 1. The maximum atomic E-state index is 14.4. The lowest BCUT2D eigenvalue weighted by atomic mass is 10.1. The van der Waals surface area contributed by atoms with Gasteiger partial charge < -0.3 is 4.74 Å². The molecule has 1 saturated heterocycles. The van der Waals surface area contributed by atoms with Gasteiger partial charge in [0.1, 0.15) is 4.90 Å². The third-order valence-electron chi connectivity index (χ3n) is 6.06. The fraction of sp³-hybridized carbons (Fsp3) is 0.308. The average Bonchev–Trinajstić information content (AvgIpc) is 2.84. The highest BCUT2D eigenvalue weighted by Crippen LogP contribution is 2.27. The van der Waals surface area contributed by atoms with Crippen LogP contribution in [0, 0.1) is 12.7 Å². The van der Waals surface area contributed by atoms with Gasteiger partial charge in [0.15, 0.2) is 5.82 Å². The van der Waals surface area contributed by atoms with Crippen LogP contribution in [0.5, 0.6) is 0 Å². The van der Waals surface area contributed by atoms with E-state index in [1.807, 2.05) is 49.4 Å². The van der Waals surface area contributed by atoms with Gasteiger partial charge in [-0.3, -0.25) is 4.90 Å². The van der Waals surface area contributed by atoms with E-state index in [1.165, 1.54) is 28.1 Å². The fourth-order valence-corrected chi connectivity index (χ4v) is 6.01. The van der Waals surface area contributed by atoms with Crippen molar-refractivity contribution in [2.24, 2.45) is 0 Å². The zero-order chi connectivity index (χ0) is 25.0. The number of ether oxygens (including phenoxy) is 1. The van der Waals surface area contributed by atoms with E-state index in [-0.39, 0.29) is 29.1 Å². The lowest BCUT2D eigenvalue weighted by Crippen LogP contribution is -2.49. The van der Waals surface area contributed by atoms with Crippen molar-refractivity contribution < 1.29 is 17.5 Å². The van der Waals surface area contributed by atoms with Gasteiger partial charge in [0.25, 0.3) is 0 Å². The van der Waals surface area contributed by atoms with Gasteiger partial charge in [0.05, 0.1) is 17.7 Å². The number of nitrogens with zero attached hydrogens (tertiary/aromatic N) is 2. The number of hydrogen-bond acceptors (Lipinski definition) is 4. The van der Waals surface area contributed by atoms with E-state index >= 15 is 0 Å². The SMILES string of the molecule is Cc1cccc(COC(CN2CCN(S(=O)(=O)c3cccc(Cl)c3F)CC2)c2ccc(Cl)cc2)c1. The quantitative estimate of drug-likeness (QED) is 0.370. The van der Waals surface area contributed by atoms with Gasteiger partial charge in [0.2, 0.25) is 10.0 Å². The van der Waals surface area contributed by atoms with Gasteiger partial charge in [-0.1, -0.05) is 71.2 Å². The summed E-state index contributed by atoms with van der Waals surface area (Å²) in [5.41, 5.74) is 3.25. The van der Waals surface area contributed by atoms with Crippen molar-refractivity contribution in [3.63, 3.8) is 0 Å². The van der Waals surface area contributed by atoms with Crippen LogP contribution in [0.3, 0.4) is 0 Å². The number of halogens is 3. The molecule has 0 amide bonds. The molecule has 1 aliphatic rings. The first-order valence-electron chi connectivity index (χ1n) is 11.3. The van der Waals surface area contributed by atoms with Crippen LogP contribution in [0.2, 0.25) is 10.0 Å². The van der Waals surface area contributed by atoms with E-state index in [4.69, 9.17) is 27.9 Å². The predicted octanol–water partition coefficient (Wildman–Crippen LogP) is 5.71. The van der Waals surface area contributed by atoms with Crippen LogP contribution >= 0.6 is 23.2 Å². The standard InChI is InChI=1S/C26H27Cl2FN2O3S/c1-19-4-2-5-20(16-19)18-34-24(21-8-10-22(27)11-9-21)17-30-12-14-31(15-13-30)35(32,33)25-7-3-6-23(28)26(25)29/h2-11,16,24H,12-15,17-18H2,1H3. The minimum Gasteiger partial charge on any atom is -0.368 e. The second kappa shape index (κ2) is 11.4. The Morgan fingerprint density at radius 1 is 0.971 bits per heavy atom. The first-order chi connectivity index (χ1) is 16.7. The molecule has 35 heavy (non-hydrogen) atoms. The first kappa shape index (κ1) is 26.1. The highest BCUT2D eigenvalue weighted by Gasteiger charge is 2.32. The molecule has 1 unspecified atom stereocenters. The third kappa shape index (κ3) is 6.42. The van der Waals surface area contributed by atoms with Crippen molar-refractivity contribution in [2.75, 3.05) is 32.7 Å². The summed E-state index contributed by atoms with van der Waals surface area (Å²) in [6, 6.07) is 19.8. The van der Waals surface area contributed by atoms with Gasteiger partial charge in [0, 0.05) is 37.7 Å². The van der Waals surface area contributed by atoms with Crippen LogP contribution in [-0.2, 0) is 21.4 Å². The van der Waals surface area contributed by atoms with Crippen LogP contribution < -0.4 is 0 Å². The molecule has 1 fully saturated rings. The lowest BCUT2D eigenvalue weighted by molar-refractivity contribution is 0.00770. The van der Waals surface area contributed by atoms with Crippen molar-refractivity contribution in [1.82, 2.24) is 9.21 Å². The normalized spacial score (nSPS) is 16.3. The lowest BCUT2D eigenvalue weighted by Gasteiger charge is -2.36. The van der Waals surface area contributed by atoms with Gasteiger partial charge in [-0.2, -0.15) is 4.31 Å². The highest BCUT2D eigenvalue weighted by atomic mass is 35.5. The zero-order valence-electron chi connectivity index (χ0n) is 19.3. The summed E-state index contributed by atoms with van der Waals surface area (Å²) in [6.07, 6.45) is -0.221. The Labute approximate surface area is 216 Å². The molecule has 3 aromatic carbocycles. The smallest absolute Gasteiger partial charge is 0.246 e. The Hall–Kier alpha value is -2.00. The van der Waals surface area contributed by atoms with Crippen LogP contribution in [0.4, 0.5) is 4.39 Å². The van der Waals surface area contributed by atoms with Crippen molar-refractivity contribution in [1.29, 1.82) is 0 Å². The molecule has 3 aromatic rings. The molecule has 0 aromatic heterocycles. The topological polar surface area (TPSA) is 49.9 Å². The van der Waals surface area contributed by atoms with Crippen molar-refractivity contribution in [3.05, 3.63) is 99.3 Å². The van der Waals surface area contributed by atoms with Crippen molar-refractivity contribution in [2.45, 2.75) is 24.5 Å². The minimum absolute atomic E-state index is 0.207. The Balaban J connectivity index is 1.43. The molecular formula is C26H27Cl2FN2O3S. The molecule has 5 nitrogen and oxygen atoms in total. The molecule has 186 valence electrons. The summed E-state index contributed by atoms with van der Waals surface area (Å²) in [4.78, 5) is 1.77. The minimum atomic E-state index is -3.97. The summed E-state index contributed by atoms with van der Waals surface area (Å²) in [7, 11) is -3.97. The Bertz CT molecular complexity index is 1260. The Morgan fingerprint density at radius 2 is 1.66 bits per heavy atom. The maximum Gasteiger partial charge on any atom is 0.246 e. The summed E-state index contributed by atoms with van der Waals surface area (Å²) in [5, 5.41) is 0.444. The maximum absolute atomic E-state index is 14.4. The van der Waals surface area contributed by atoms with E-state index in [1.54, 1.807) is 0 Å². The van der Waals surface area contributed by atoms with Crippen LogP contribution in [0.1, 0.15) is 22.8 Å². The van der Waals surface area contributed by atoms with Crippen molar-refractivity contribution in [3.8, 4) is 0 Å². The average molecular weight is 537 g/mol. The Morgan fingerprint density at radius 3 is 2.34 bits per heavy atom. The second-order valence-corrected chi connectivity index (χ2v) is 11.3. The summed E-state index contributed by atoms with van der Waals surface area (Å²) < 4.78 is 48.0. The molecular weight excluding hydrogens is 510 g/mol. The van der Waals surface area contributed by atoms with Gasteiger partial charge >= 0.3 is 0 Å². The van der Waals surface area contributed by atoms with Crippen LogP contribution in [0.25, 0.3) is 0 Å². The van der Waals surface area contributed by atoms with E-state index in [0.29, 0.717) is 31.3 Å². The van der Waals surface area contributed by atoms with Gasteiger partial charge in [-0.15, -0.1) is 0 Å². The summed E-state index contributed by atoms with van der Waals surface area (Å²) in [5.74, 6) is -0.913. The molecule has 1 atom stereocenters. The molecule has 9 heteroatoms. The largest absolute Gasteiger partial charge is 0.368 e. The number of benzene rings is 3. The predicted molar refractivity (Wildman–Crippen MR) is 137 cm³/mol. The van der Waals surface area contributed by atoms with Gasteiger partial charge in [-0.05, 0) is 42.3 Å². The molecule has 0 spiro atoms. The molecule has 0 N–H and O–H groups in total. The number of piperazine rings is 1. The molecule has 1 heterocycles. The van der Waals surface area contributed by atoms with Crippen LogP contribution in [-0.4, -0.2) is 50.3 Å². The molecule has 0 saturated carbocycles. The first-order valence-corrected chi connectivity index (χ1v) is 13.5. The monoisotopic (exact) mass is 536 g/mol. The zero-order valence-corrected chi connectivity index (χ0v) is 21.7. The summed E-state index contributed by atoms with van der Waals surface area (Å²) in [6.45, 7) is 4.59. The molecule has 0 bridgehead atoms. The van der Waals surface area contributed by atoms with E-state index in [2.05, 4.69) is 11.0 Å². The Kier molecular flexibility index (Phi) is 8.47. The third-order valence-corrected chi connectivity index (χ3v) is 8.52. The van der Waals surface area contributed by atoms with E-state index in [0.717, 1.165) is 11.1 Å². The fourth-order valence-electron chi connectivity index (χ4n) is 4.14. The second-order valence-electron chi connectivity index (χ2n) is 8.60. The molecule has 0 aliphatic carbocycles. The van der Waals surface area contributed by atoms with Gasteiger partial charge in [-0.25, -0.2) is 12.8 Å². The summed E-state index contributed by atoms with van der Waals surface area (Å²) >= 11 is 11.9. The van der Waals surface area contributed by atoms with Crippen molar-refractivity contribution >= 4 is 33.2 Å². The van der Waals surface area contributed by atoms with E-state index in [9.17, 15) is 12.8 Å². The number of aryl methyl sites for hydroxylation is 1.